The van der Waals surface area contributed by atoms with E-state index in [1.807, 2.05) is 6.07 Å². The fourth-order valence-corrected chi connectivity index (χ4v) is 2.25. The van der Waals surface area contributed by atoms with Crippen molar-refractivity contribution in [1.29, 1.82) is 0 Å². The van der Waals surface area contributed by atoms with Gasteiger partial charge in [0.15, 0.2) is 0 Å². The number of sulfonamides is 1. The Kier molecular flexibility index (Phi) is 5.31. The Labute approximate surface area is 110 Å². The molecular formula is C13H22N2O2S. The van der Waals surface area contributed by atoms with Crippen LogP contribution in [-0.2, 0) is 16.6 Å². The Morgan fingerprint density at radius 2 is 2.00 bits per heavy atom. The maximum Gasteiger partial charge on any atom is 0.238 e. The van der Waals surface area contributed by atoms with Crippen molar-refractivity contribution >= 4 is 10.0 Å². The molecule has 0 radical (unpaired) electrons. The predicted octanol–water partition coefficient (Wildman–Crippen LogP) is 1.86. The molecule has 5 heteroatoms. The van der Waals surface area contributed by atoms with E-state index in [2.05, 4.69) is 26.1 Å². The van der Waals surface area contributed by atoms with Crippen LogP contribution in [0.25, 0.3) is 0 Å². The molecule has 0 saturated heterocycles. The standard InChI is InChI=1S/C13H22N2O2S/c1-4-10(2)11(3)15-9-12-6-5-7-13(8-12)18(14,16)17/h5-8,10-11,15H,4,9H2,1-3H3,(H2,14,16,17). The SMILES string of the molecule is CCC(C)C(C)NCc1cccc(S(N)(=O)=O)c1. The lowest BCUT2D eigenvalue weighted by Gasteiger charge is -2.20. The Balaban J connectivity index is 2.69. The Morgan fingerprint density at radius 3 is 2.56 bits per heavy atom. The third kappa shape index (κ3) is 4.40. The molecule has 0 saturated carbocycles. The van der Waals surface area contributed by atoms with Crippen LogP contribution in [0.5, 0.6) is 0 Å². The molecule has 18 heavy (non-hydrogen) atoms. The normalized spacial score (nSPS) is 15.3. The topological polar surface area (TPSA) is 72.2 Å². The summed E-state index contributed by atoms with van der Waals surface area (Å²) in [6.45, 7) is 7.13. The number of primary sulfonamides is 1. The number of nitrogens with two attached hydrogens (primary N) is 1. The van der Waals surface area contributed by atoms with Gasteiger partial charge in [0, 0.05) is 12.6 Å². The number of benzene rings is 1. The summed E-state index contributed by atoms with van der Waals surface area (Å²) in [5, 5.41) is 8.50. The highest BCUT2D eigenvalue weighted by Gasteiger charge is 2.11. The van der Waals surface area contributed by atoms with Crippen LogP contribution in [0.4, 0.5) is 0 Å². The molecule has 1 rings (SSSR count). The summed E-state index contributed by atoms with van der Waals surface area (Å²) in [5.74, 6) is 0.589. The summed E-state index contributed by atoms with van der Waals surface area (Å²) in [5.41, 5.74) is 0.927. The van der Waals surface area contributed by atoms with Gasteiger partial charge in [-0.05, 0) is 30.5 Å². The quantitative estimate of drug-likeness (QED) is 0.828. The van der Waals surface area contributed by atoms with Gasteiger partial charge >= 0.3 is 0 Å². The molecule has 1 aromatic rings. The molecule has 102 valence electrons. The van der Waals surface area contributed by atoms with Crippen LogP contribution in [0.1, 0.15) is 32.8 Å². The third-order valence-electron chi connectivity index (χ3n) is 3.35. The highest BCUT2D eigenvalue weighted by atomic mass is 32.2. The zero-order valence-electron chi connectivity index (χ0n) is 11.2. The molecule has 2 unspecified atom stereocenters. The Morgan fingerprint density at radius 1 is 1.33 bits per heavy atom. The monoisotopic (exact) mass is 270 g/mol. The van der Waals surface area contributed by atoms with Crippen LogP contribution in [0.2, 0.25) is 0 Å². The van der Waals surface area contributed by atoms with Crippen molar-refractivity contribution in [2.75, 3.05) is 0 Å². The van der Waals surface area contributed by atoms with Crippen molar-refractivity contribution in [1.82, 2.24) is 5.32 Å². The second-order valence-electron chi connectivity index (χ2n) is 4.75. The predicted molar refractivity (Wildman–Crippen MR) is 73.6 cm³/mol. The van der Waals surface area contributed by atoms with Gasteiger partial charge in [0.2, 0.25) is 10.0 Å². The number of rotatable bonds is 6. The zero-order valence-corrected chi connectivity index (χ0v) is 12.0. The van der Waals surface area contributed by atoms with E-state index in [0.717, 1.165) is 12.0 Å². The van der Waals surface area contributed by atoms with E-state index in [0.29, 0.717) is 18.5 Å². The smallest absolute Gasteiger partial charge is 0.238 e. The van der Waals surface area contributed by atoms with Crippen LogP contribution in [0, 0.1) is 5.92 Å². The molecule has 0 aromatic heterocycles. The molecule has 4 nitrogen and oxygen atoms in total. The first-order chi connectivity index (χ1) is 8.34. The van der Waals surface area contributed by atoms with Gasteiger partial charge in [0.25, 0.3) is 0 Å². The van der Waals surface area contributed by atoms with E-state index in [9.17, 15) is 8.42 Å². The molecular weight excluding hydrogens is 248 g/mol. The van der Waals surface area contributed by atoms with Crippen LogP contribution in [0.3, 0.4) is 0 Å². The van der Waals surface area contributed by atoms with Crippen molar-refractivity contribution in [2.45, 2.75) is 44.7 Å². The lowest BCUT2D eigenvalue weighted by Crippen LogP contribution is -2.31. The average molecular weight is 270 g/mol. The van der Waals surface area contributed by atoms with Crippen LogP contribution in [0.15, 0.2) is 29.2 Å². The highest BCUT2D eigenvalue weighted by Crippen LogP contribution is 2.11. The van der Waals surface area contributed by atoms with E-state index in [1.54, 1.807) is 12.1 Å². The highest BCUT2D eigenvalue weighted by molar-refractivity contribution is 7.89. The maximum absolute atomic E-state index is 11.2. The number of hydrogen-bond donors (Lipinski definition) is 2. The van der Waals surface area contributed by atoms with E-state index < -0.39 is 10.0 Å². The van der Waals surface area contributed by atoms with Crippen molar-refractivity contribution in [3.8, 4) is 0 Å². The Bertz CT molecular complexity index is 486. The van der Waals surface area contributed by atoms with E-state index in [-0.39, 0.29) is 4.90 Å². The van der Waals surface area contributed by atoms with E-state index >= 15 is 0 Å². The van der Waals surface area contributed by atoms with E-state index in [4.69, 9.17) is 5.14 Å². The van der Waals surface area contributed by atoms with Crippen molar-refractivity contribution in [3.05, 3.63) is 29.8 Å². The molecule has 2 atom stereocenters. The molecule has 0 spiro atoms. The van der Waals surface area contributed by atoms with Crippen molar-refractivity contribution in [3.63, 3.8) is 0 Å². The van der Waals surface area contributed by atoms with Crippen LogP contribution >= 0.6 is 0 Å². The Hall–Kier alpha value is -0.910. The largest absolute Gasteiger partial charge is 0.310 e. The minimum Gasteiger partial charge on any atom is -0.310 e. The van der Waals surface area contributed by atoms with Gasteiger partial charge in [-0.25, -0.2) is 13.6 Å². The maximum atomic E-state index is 11.2. The van der Waals surface area contributed by atoms with Gasteiger partial charge < -0.3 is 5.32 Å². The summed E-state index contributed by atoms with van der Waals surface area (Å²) in [4.78, 5) is 0.165. The van der Waals surface area contributed by atoms with E-state index in [1.165, 1.54) is 6.07 Å². The number of hydrogen-bond acceptors (Lipinski definition) is 3. The summed E-state index contributed by atoms with van der Waals surface area (Å²) in [6, 6.07) is 7.13. The first-order valence-electron chi connectivity index (χ1n) is 6.19. The first-order valence-corrected chi connectivity index (χ1v) is 7.74. The van der Waals surface area contributed by atoms with Gasteiger partial charge in [0.1, 0.15) is 0 Å². The molecule has 0 aliphatic carbocycles. The molecule has 0 aliphatic rings. The molecule has 0 aliphatic heterocycles. The third-order valence-corrected chi connectivity index (χ3v) is 4.26. The van der Waals surface area contributed by atoms with Gasteiger partial charge in [0.05, 0.1) is 4.90 Å². The summed E-state index contributed by atoms with van der Waals surface area (Å²) < 4.78 is 22.5. The second-order valence-corrected chi connectivity index (χ2v) is 6.31. The van der Waals surface area contributed by atoms with Gasteiger partial charge in [-0.15, -0.1) is 0 Å². The zero-order chi connectivity index (χ0) is 13.8. The first kappa shape index (κ1) is 15.1. The fraction of sp³-hybridized carbons (Fsp3) is 0.538. The molecule has 0 bridgehead atoms. The van der Waals surface area contributed by atoms with Crippen molar-refractivity contribution in [2.24, 2.45) is 11.1 Å². The molecule has 0 heterocycles. The fourth-order valence-electron chi connectivity index (χ4n) is 1.67. The van der Waals surface area contributed by atoms with Gasteiger partial charge in [-0.3, -0.25) is 0 Å². The molecule has 0 amide bonds. The lowest BCUT2D eigenvalue weighted by atomic mass is 10.0. The van der Waals surface area contributed by atoms with Crippen LogP contribution in [-0.4, -0.2) is 14.5 Å². The lowest BCUT2D eigenvalue weighted by molar-refractivity contribution is 0.389. The van der Waals surface area contributed by atoms with Crippen molar-refractivity contribution < 1.29 is 8.42 Å². The average Bonchev–Trinajstić information content (AvgIpc) is 2.34. The van der Waals surface area contributed by atoms with Gasteiger partial charge in [-0.1, -0.05) is 32.4 Å². The second kappa shape index (κ2) is 6.31. The minimum absolute atomic E-state index is 0.165. The summed E-state index contributed by atoms with van der Waals surface area (Å²) >= 11 is 0. The minimum atomic E-state index is -3.61. The van der Waals surface area contributed by atoms with Crippen LogP contribution < -0.4 is 10.5 Å². The molecule has 0 fully saturated rings. The molecule has 1 aromatic carbocycles. The summed E-state index contributed by atoms with van der Waals surface area (Å²) in [7, 11) is -3.61. The summed E-state index contributed by atoms with van der Waals surface area (Å²) in [6.07, 6.45) is 1.12. The van der Waals surface area contributed by atoms with Gasteiger partial charge in [-0.2, -0.15) is 0 Å². The number of nitrogens with one attached hydrogen (secondary N) is 1. The molecule has 3 N–H and O–H groups in total.